The van der Waals surface area contributed by atoms with Crippen molar-refractivity contribution in [1.82, 2.24) is 9.80 Å². The van der Waals surface area contributed by atoms with Gasteiger partial charge in [-0.25, -0.2) is 0 Å². The van der Waals surface area contributed by atoms with Gasteiger partial charge >= 0.3 is 0 Å². The van der Waals surface area contributed by atoms with Crippen molar-refractivity contribution >= 4 is 11.6 Å². The molecule has 100 valence electrons. The number of rotatable bonds is 4. The quantitative estimate of drug-likeness (QED) is 0.717. The molecular formula is C13H25ClN2O. The molecule has 2 unspecified atom stereocenters. The number of hydrogen-bond donors (Lipinski definition) is 0. The highest BCUT2D eigenvalue weighted by atomic mass is 35.5. The minimum atomic E-state index is 0.472. The second kappa shape index (κ2) is 6.93. The normalized spacial score (nSPS) is 32.8. The average Bonchev–Trinajstić information content (AvgIpc) is 2.58. The maximum Gasteiger partial charge on any atom is 0.0706 e. The summed E-state index contributed by atoms with van der Waals surface area (Å²) in [6.45, 7) is 9.09. The van der Waals surface area contributed by atoms with Gasteiger partial charge in [0, 0.05) is 32.1 Å². The molecule has 0 saturated carbocycles. The van der Waals surface area contributed by atoms with Crippen LogP contribution in [0.2, 0.25) is 0 Å². The lowest BCUT2D eigenvalue weighted by molar-refractivity contribution is 0.0322. The van der Waals surface area contributed by atoms with E-state index in [4.69, 9.17) is 16.3 Å². The van der Waals surface area contributed by atoms with Crippen LogP contribution >= 0.6 is 11.6 Å². The van der Waals surface area contributed by atoms with Gasteiger partial charge < -0.3 is 9.64 Å². The van der Waals surface area contributed by atoms with E-state index in [0.29, 0.717) is 12.2 Å². The summed E-state index contributed by atoms with van der Waals surface area (Å²) in [5, 5.41) is 0. The summed E-state index contributed by atoms with van der Waals surface area (Å²) in [5.74, 6) is 0.753. The minimum absolute atomic E-state index is 0.472. The maximum absolute atomic E-state index is 5.90. The zero-order valence-electron chi connectivity index (χ0n) is 10.9. The lowest BCUT2D eigenvalue weighted by Gasteiger charge is -2.24. The van der Waals surface area contributed by atoms with E-state index in [1.807, 2.05) is 0 Å². The molecule has 0 amide bonds. The van der Waals surface area contributed by atoms with Crippen LogP contribution in [-0.4, -0.2) is 67.2 Å². The summed E-state index contributed by atoms with van der Waals surface area (Å²) in [4.78, 5) is 5.04. The molecule has 0 bridgehead atoms. The third kappa shape index (κ3) is 4.40. The van der Waals surface area contributed by atoms with Gasteiger partial charge in [0.1, 0.15) is 0 Å². The maximum atomic E-state index is 5.90. The van der Waals surface area contributed by atoms with Crippen molar-refractivity contribution < 1.29 is 4.74 Å². The Morgan fingerprint density at radius 3 is 2.59 bits per heavy atom. The van der Waals surface area contributed by atoms with Crippen molar-refractivity contribution in [1.29, 1.82) is 0 Å². The number of nitrogens with zero attached hydrogens (tertiary/aromatic N) is 2. The molecule has 0 aromatic heterocycles. The van der Waals surface area contributed by atoms with Gasteiger partial charge in [-0.05, 0) is 39.3 Å². The predicted molar refractivity (Wildman–Crippen MR) is 71.8 cm³/mol. The topological polar surface area (TPSA) is 15.7 Å². The molecule has 0 radical (unpaired) electrons. The van der Waals surface area contributed by atoms with Crippen molar-refractivity contribution in [2.75, 3.05) is 45.1 Å². The molecule has 0 aromatic rings. The fraction of sp³-hybridized carbons (Fsp3) is 1.00. The fourth-order valence-corrected chi connectivity index (χ4v) is 3.10. The van der Waals surface area contributed by atoms with E-state index in [0.717, 1.165) is 25.5 Å². The van der Waals surface area contributed by atoms with Gasteiger partial charge in [-0.1, -0.05) is 0 Å². The van der Waals surface area contributed by atoms with E-state index in [9.17, 15) is 0 Å². The molecule has 2 rings (SSSR count). The molecule has 17 heavy (non-hydrogen) atoms. The van der Waals surface area contributed by atoms with E-state index in [-0.39, 0.29) is 0 Å². The van der Waals surface area contributed by atoms with Crippen LogP contribution in [0.5, 0.6) is 0 Å². The third-order valence-electron chi connectivity index (χ3n) is 3.86. The summed E-state index contributed by atoms with van der Waals surface area (Å²) in [5.41, 5.74) is 0. The second-order valence-electron chi connectivity index (χ2n) is 5.33. The monoisotopic (exact) mass is 260 g/mol. The second-order valence-corrected chi connectivity index (χ2v) is 5.71. The highest BCUT2D eigenvalue weighted by molar-refractivity contribution is 6.18. The first-order valence-electron chi connectivity index (χ1n) is 6.94. The summed E-state index contributed by atoms with van der Waals surface area (Å²) in [6, 6.07) is 0. The van der Waals surface area contributed by atoms with Crippen molar-refractivity contribution in [2.24, 2.45) is 0 Å². The first-order valence-corrected chi connectivity index (χ1v) is 7.47. The number of ether oxygens (including phenoxy) is 1. The van der Waals surface area contributed by atoms with Gasteiger partial charge in [-0.2, -0.15) is 0 Å². The molecular weight excluding hydrogens is 236 g/mol. The lowest BCUT2D eigenvalue weighted by Crippen LogP contribution is -2.36. The zero-order chi connectivity index (χ0) is 12.1. The van der Waals surface area contributed by atoms with Crippen molar-refractivity contribution in [2.45, 2.75) is 38.4 Å². The van der Waals surface area contributed by atoms with Gasteiger partial charge in [0.2, 0.25) is 0 Å². The van der Waals surface area contributed by atoms with Crippen molar-refractivity contribution in [3.05, 3.63) is 0 Å². The van der Waals surface area contributed by atoms with Crippen molar-refractivity contribution in [3.8, 4) is 0 Å². The van der Waals surface area contributed by atoms with E-state index in [1.54, 1.807) is 0 Å². The minimum Gasteiger partial charge on any atom is -0.374 e. The lowest BCUT2D eigenvalue weighted by atomic mass is 10.2. The Balaban J connectivity index is 1.71. The SMILES string of the molecule is CC1CCC(CN2CCCN(CCCl)CC2)O1. The zero-order valence-corrected chi connectivity index (χ0v) is 11.7. The highest BCUT2D eigenvalue weighted by Gasteiger charge is 2.24. The molecule has 0 aliphatic carbocycles. The Labute approximate surface area is 110 Å². The van der Waals surface area contributed by atoms with Crippen LogP contribution < -0.4 is 0 Å². The van der Waals surface area contributed by atoms with Crippen molar-refractivity contribution in [3.63, 3.8) is 0 Å². The third-order valence-corrected chi connectivity index (χ3v) is 4.03. The molecule has 2 aliphatic heterocycles. The fourth-order valence-electron chi connectivity index (χ4n) is 2.86. The van der Waals surface area contributed by atoms with Crippen LogP contribution in [0.3, 0.4) is 0 Å². The van der Waals surface area contributed by atoms with Gasteiger partial charge in [0.05, 0.1) is 12.2 Å². The first-order chi connectivity index (χ1) is 8.28. The van der Waals surface area contributed by atoms with Crippen LogP contribution in [-0.2, 0) is 4.74 Å². The molecule has 2 saturated heterocycles. The summed E-state index contributed by atoms with van der Waals surface area (Å²) < 4.78 is 5.90. The summed E-state index contributed by atoms with van der Waals surface area (Å²) >= 11 is 5.80. The smallest absolute Gasteiger partial charge is 0.0706 e. The van der Waals surface area contributed by atoms with Gasteiger partial charge in [-0.3, -0.25) is 4.90 Å². The van der Waals surface area contributed by atoms with Crippen LogP contribution in [0, 0.1) is 0 Å². The Kier molecular flexibility index (Phi) is 5.54. The van der Waals surface area contributed by atoms with Crippen LogP contribution in [0.4, 0.5) is 0 Å². The Morgan fingerprint density at radius 1 is 1.12 bits per heavy atom. The van der Waals surface area contributed by atoms with Gasteiger partial charge in [-0.15, -0.1) is 11.6 Å². The largest absolute Gasteiger partial charge is 0.374 e. The van der Waals surface area contributed by atoms with Crippen LogP contribution in [0.15, 0.2) is 0 Å². The summed E-state index contributed by atoms with van der Waals surface area (Å²) in [7, 11) is 0. The van der Waals surface area contributed by atoms with Crippen LogP contribution in [0.25, 0.3) is 0 Å². The van der Waals surface area contributed by atoms with Gasteiger partial charge in [0.15, 0.2) is 0 Å². The molecule has 2 atom stereocenters. The molecule has 3 nitrogen and oxygen atoms in total. The standard InChI is InChI=1S/C13H25ClN2O/c1-12-3-4-13(17-12)11-16-7-2-6-15(8-5-14)9-10-16/h12-13H,2-11H2,1H3. The highest BCUT2D eigenvalue weighted by Crippen LogP contribution is 2.20. The Bertz CT molecular complexity index is 227. The Morgan fingerprint density at radius 2 is 1.88 bits per heavy atom. The van der Waals surface area contributed by atoms with E-state index >= 15 is 0 Å². The molecule has 2 heterocycles. The van der Waals surface area contributed by atoms with E-state index in [1.165, 1.54) is 38.9 Å². The van der Waals surface area contributed by atoms with E-state index < -0.39 is 0 Å². The van der Waals surface area contributed by atoms with E-state index in [2.05, 4.69) is 16.7 Å². The first kappa shape index (κ1) is 13.6. The molecule has 0 aromatic carbocycles. The number of halogens is 1. The average molecular weight is 261 g/mol. The molecule has 0 N–H and O–H groups in total. The molecule has 4 heteroatoms. The van der Waals surface area contributed by atoms with Crippen LogP contribution in [0.1, 0.15) is 26.2 Å². The Hall–Kier alpha value is 0.170. The molecule has 2 aliphatic rings. The number of alkyl halides is 1. The molecule has 0 spiro atoms. The predicted octanol–water partition coefficient (Wildman–Crippen LogP) is 1.80. The molecule has 2 fully saturated rings. The summed E-state index contributed by atoms with van der Waals surface area (Å²) in [6.07, 6.45) is 4.68. The van der Waals surface area contributed by atoms with Gasteiger partial charge in [0.25, 0.3) is 0 Å². The number of hydrogen-bond acceptors (Lipinski definition) is 3.